The Morgan fingerprint density at radius 3 is 2.16 bits per heavy atom. The first-order valence-corrected chi connectivity index (χ1v) is 7.32. The average molecular weight is 411 g/mol. The fourth-order valence-corrected chi connectivity index (χ4v) is 2.43. The third-order valence-corrected chi connectivity index (χ3v) is 3.69. The van der Waals surface area contributed by atoms with Crippen molar-refractivity contribution in [3.63, 3.8) is 0 Å². The Morgan fingerprint density at radius 2 is 1.56 bits per heavy atom. The van der Waals surface area contributed by atoms with Gasteiger partial charge in [-0.15, -0.1) is 37.2 Å². The third-order valence-electron chi connectivity index (χ3n) is 3.69. The number of aliphatic hydroxyl groups excluding tert-OH is 1. The normalized spacial score (nSPS) is 12.1. The van der Waals surface area contributed by atoms with Crippen molar-refractivity contribution in [3.8, 4) is 5.75 Å². The second-order valence-corrected chi connectivity index (χ2v) is 5.47. The average Bonchev–Trinajstić information content (AvgIpc) is 2.51. The maximum atomic E-state index is 10.3. The summed E-state index contributed by atoms with van der Waals surface area (Å²) < 4.78 is 0. The molecule has 8 heteroatoms. The van der Waals surface area contributed by atoms with Crippen molar-refractivity contribution in [2.24, 2.45) is 11.6 Å². The lowest BCUT2D eigenvalue weighted by molar-refractivity contribution is 0.143. The molecule has 0 aliphatic carbocycles. The largest absolute Gasteiger partial charge is 0.508 e. The van der Waals surface area contributed by atoms with Crippen LogP contribution in [0.25, 0.3) is 0 Å². The van der Waals surface area contributed by atoms with Crippen LogP contribution in [0, 0.1) is 0 Å². The Hall–Kier alpha value is -1.05. The molecule has 0 bridgehead atoms. The van der Waals surface area contributed by atoms with Crippen LogP contribution in [0.1, 0.15) is 16.7 Å². The Balaban J connectivity index is 0. The smallest absolute Gasteiger partial charge is 0.118 e. The van der Waals surface area contributed by atoms with Crippen molar-refractivity contribution in [1.29, 1.82) is 0 Å². The summed E-state index contributed by atoms with van der Waals surface area (Å²) >= 11 is 0. The summed E-state index contributed by atoms with van der Waals surface area (Å²) in [7, 11) is 0. The molecule has 7 N–H and O–H groups in total. The maximum absolute atomic E-state index is 10.3. The fourth-order valence-electron chi connectivity index (χ4n) is 2.43. The molecule has 0 unspecified atom stereocenters. The summed E-state index contributed by atoms with van der Waals surface area (Å²) in [6, 6.07) is 14.6. The maximum Gasteiger partial charge on any atom is 0.118 e. The Bertz CT molecular complexity index is 603. The van der Waals surface area contributed by atoms with Gasteiger partial charge < -0.3 is 15.9 Å². The van der Waals surface area contributed by atoms with Crippen molar-refractivity contribution in [1.82, 2.24) is 5.43 Å². The SMILES string of the molecule is Cl.Cl.Cl.NNCc1ccc(O)c(C[C@H](O)[C@@H](N)Cc2ccccc2)c1. The first kappa shape index (κ1) is 26.2. The second-order valence-electron chi connectivity index (χ2n) is 5.47. The second kappa shape index (κ2) is 13.2. The summed E-state index contributed by atoms with van der Waals surface area (Å²) in [5, 5.41) is 20.2. The predicted molar refractivity (Wildman–Crippen MR) is 109 cm³/mol. The molecule has 142 valence electrons. The van der Waals surface area contributed by atoms with Gasteiger partial charge in [-0.1, -0.05) is 42.5 Å². The number of aliphatic hydroxyl groups is 1. The van der Waals surface area contributed by atoms with Crippen LogP contribution >= 0.6 is 37.2 Å². The number of phenols is 1. The van der Waals surface area contributed by atoms with E-state index in [0.717, 1.165) is 11.1 Å². The molecule has 0 aliphatic heterocycles. The molecule has 0 amide bonds. The fraction of sp³-hybridized carbons (Fsp3) is 0.294. The van der Waals surface area contributed by atoms with E-state index in [2.05, 4.69) is 5.43 Å². The topological polar surface area (TPSA) is 105 Å². The first-order valence-electron chi connectivity index (χ1n) is 7.32. The molecule has 0 spiro atoms. The van der Waals surface area contributed by atoms with E-state index in [-0.39, 0.29) is 43.0 Å². The number of hydrogen-bond donors (Lipinski definition) is 5. The molecule has 0 saturated carbocycles. The lowest BCUT2D eigenvalue weighted by Gasteiger charge is -2.20. The van der Waals surface area contributed by atoms with Crippen molar-refractivity contribution in [2.45, 2.75) is 31.5 Å². The van der Waals surface area contributed by atoms with Crippen LogP contribution in [-0.4, -0.2) is 22.4 Å². The minimum atomic E-state index is -0.729. The van der Waals surface area contributed by atoms with Crippen molar-refractivity contribution in [2.75, 3.05) is 0 Å². The van der Waals surface area contributed by atoms with Gasteiger partial charge in [0.05, 0.1) is 6.10 Å². The molecule has 0 radical (unpaired) electrons. The highest BCUT2D eigenvalue weighted by Crippen LogP contribution is 2.21. The van der Waals surface area contributed by atoms with Gasteiger partial charge >= 0.3 is 0 Å². The van der Waals surface area contributed by atoms with E-state index in [1.165, 1.54) is 0 Å². The number of hydrogen-bond acceptors (Lipinski definition) is 5. The lowest BCUT2D eigenvalue weighted by Crippen LogP contribution is -2.38. The predicted octanol–water partition coefficient (Wildman–Crippen LogP) is 2.09. The molecule has 5 nitrogen and oxygen atoms in total. The van der Waals surface area contributed by atoms with Gasteiger partial charge in [0.1, 0.15) is 5.75 Å². The molecule has 0 aliphatic rings. The highest BCUT2D eigenvalue weighted by molar-refractivity contribution is 5.86. The first-order chi connectivity index (χ1) is 10.6. The molecule has 2 aromatic carbocycles. The number of phenolic OH excluding ortho intramolecular Hbond substituents is 1. The molecule has 25 heavy (non-hydrogen) atoms. The number of aromatic hydroxyl groups is 1. The number of nitrogens with one attached hydrogen (secondary N) is 1. The van der Waals surface area contributed by atoms with E-state index in [9.17, 15) is 10.2 Å². The van der Waals surface area contributed by atoms with Crippen LogP contribution in [0.2, 0.25) is 0 Å². The number of benzene rings is 2. The van der Waals surface area contributed by atoms with E-state index in [4.69, 9.17) is 11.6 Å². The Labute approximate surface area is 167 Å². The summed E-state index contributed by atoms with van der Waals surface area (Å²) in [5.41, 5.74) is 11.3. The molecular formula is C17H26Cl3N3O2. The van der Waals surface area contributed by atoms with Crippen molar-refractivity contribution >= 4 is 37.2 Å². The van der Waals surface area contributed by atoms with Crippen LogP contribution in [0.4, 0.5) is 0 Å². The van der Waals surface area contributed by atoms with Gasteiger partial charge in [-0.05, 0) is 29.2 Å². The molecule has 0 aromatic heterocycles. The monoisotopic (exact) mass is 409 g/mol. The lowest BCUT2D eigenvalue weighted by atomic mass is 9.96. The van der Waals surface area contributed by atoms with Gasteiger partial charge in [0.15, 0.2) is 0 Å². The summed E-state index contributed by atoms with van der Waals surface area (Å²) in [5.74, 6) is 5.46. The van der Waals surface area contributed by atoms with Gasteiger partial charge in [-0.3, -0.25) is 11.3 Å². The van der Waals surface area contributed by atoms with Crippen LogP contribution in [0.15, 0.2) is 48.5 Å². The van der Waals surface area contributed by atoms with Gasteiger partial charge in [-0.25, -0.2) is 0 Å². The van der Waals surface area contributed by atoms with Crippen LogP contribution in [0.3, 0.4) is 0 Å². The van der Waals surface area contributed by atoms with Crippen LogP contribution < -0.4 is 17.0 Å². The van der Waals surface area contributed by atoms with E-state index in [1.807, 2.05) is 36.4 Å². The van der Waals surface area contributed by atoms with E-state index in [0.29, 0.717) is 24.9 Å². The van der Waals surface area contributed by atoms with E-state index < -0.39 is 12.1 Å². The number of nitrogens with two attached hydrogens (primary N) is 2. The summed E-state index contributed by atoms with van der Waals surface area (Å²) in [6.45, 7) is 0.499. The zero-order valence-corrected chi connectivity index (χ0v) is 16.1. The number of rotatable bonds is 7. The van der Waals surface area contributed by atoms with Crippen LogP contribution in [0.5, 0.6) is 5.75 Å². The van der Waals surface area contributed by atoms with E-state index >= 15 is 0 Å². The van der Waals surface area contributed by atoms with Crippen LogP contribution in [-0.2, 0) is 19.4 Å². The minimum Gasteiger partial charge on any atom is -0.508 e. The molecular weight excluding hydrogens is 385 g/mol. The zero-order valence-electron chi connectivity index (χ0n) is 13.7. The number of hydrazine groups is 1. The Kier molecular flexibility index (Phi) is 13.8. The quantitative estimate of drug-likeness (QED) is 0.355. The molecule has 0 saturated heterocycles. The standard InChI is InChI=1S/C17H23N3O2.3ClH/c18-15(9-12-4-2-1-3-5-12)17(22)10-14-8-13(11-20-19)6-7-16(14)21;;;/h1-8,15,17,20-22H,9-11,18-19H2;3*1H/t15-,17-;;;/m0.../s1. The highest BCUT2D eigenvalue weighted by Gasteiger charge is 2.17. The zero-order chi connectivity index (χ0) is 15.9. The van der Waals surface area contributed by atoms with Gasteiger partial charge in [0.2, 0.25) is 0 Å². The molecule has 0 fully saturated rings. The highest BCUT2D eigenvalue weighted by atomic mass is 35.5. The molecule has 2 atom stereocenters. The van der Waals surface area contributed by atoms with Crippen molar-refractivity contribution in [3.05, 3.63) is 65.2 Å². The van der Waals surface area contributed by atoms with Gasteiger partial charge in [0, 0.05) is 19.0 Å². The molecule has 2 aromatic rings. The van der Waals surface area contributed by atoms with E-state index in [1.54, 1.807) is 12.1 Å². The Morgan fingerprint density at radius 1 is 0.920 bits per heavy atom. The minimum absolute atomic E-state index is 0. The summed E-state index contributed by atoms with van der Waals surface area (Å²) in [6.07, 6.45) is 0.164. The van der Waals surface area contributed by atoms with Gasteiger partial charge in [0.25, 0.3) is 0 Å². The van der Waals surface area contributed by atoms with Crippen molar-refractivity contribution < 1.29 is 10.2 Å². The summed E-state index contributed by atoms with van der Waals surface area (Å²) in [4.78, 5) is 0. The molecule has 2 rings (SSSR count). The van der Waals surface area contributed by atoms with Gasteiger partial charge in [-0.2, -0.15) is 0 Å². The molecule has 0 heterocycles. The third kappa shape index (κ3) is 8.25. The number of halogens is 3.